The van der Waals surface area contributed by atoms with Crippen LogP contribution in [0, 0.1) is 12.7 Å². The molecule has 2 aliphatic rings. The number of carbonyl (C=O) groups excluding carboxylic acids is 2. The van der Waals surface area contributed by atoms with Gasteiger partial charge in [-0.2, -0.15) is 5.10 Å². The van der Waals surface area contributed by atoms with Gasteiger partial charge in [-0.25, -0.2) is 9.07 Å². The molecular weight excluding hydrogens is 453 g/mol. The number of amides is 2. The summed E-state index contributed by atoms with van der Waals surface area (Å²) < 4.78 is 26.4. The fraction of sp³-hybridized carbons (Fsp3) is 0.320. The highest BCUT2D eigenvalue weighted by Gasteiger charge is 2.33. The summed E-state index contributed by atoms with van der Waals surface area (Å²) in [6.45, 7) is 4.33. The van der Waals surface area contributed by atoms with Crippen molar-refractivity contribution in [3.63, 3.8) is 0 Å². The molecule has 0 aliphatic carbocycles. The van der Waals surface area contributed by atoms with Crippen LogP contribution in [0.4, 0.5) is 10.2 Å². The van der Waals surface area contributed by atoms with Crippen LogP contribution in [0.3, 0.4) is 0 Å². The van der Waals surface area contributed by atoms with E-state index >= 15 is 0 Å². The zero-order chi connectivity index (χ0) is 24.4. The molecule has 0 spiro atoms. The van der Waals surface area contributed by atoms with Crippen LogP contribution in [0.15, 0.2) is 54.6 Å². The van der Waals surface area contributed by atoms with E-state index in [0.717, 1.165) is 5.69 Å². The van der Waals surface area contributed by atoms with E-state index in [4.69, 9.17) is 9.47 Å². The Balaban J connectivity index is 1.13. The minimum absolute atomic E-state index is 0.109. The SMILES string of the molecule is Cc1cc(NC(=O)CN2CCN(C(=O)C3COc4ccccc4O3)CC2)n(-c2ccc(F)cc2)n1. The van der Waals surface area contributed by atoms with Gasteiger partial charge in [0, 0.05) is 32.2 Å². The second-order valence-electron chi connectivity index (χ2n) is 8.57. The van der Waals surface area contributed by atoms with E-state index in [1.165, 1.54) is 12.1 Å². The minimum Gasteiger partial charge on any atom is -0.485 e. The number of nitrogens with zero attached hydrogens (tertiary/aromatic N) is 4. The van der Waals surface area contributed by atoms with Gasteiger partial charge in [-0.15, -0.1) is 0 Å². The highest BCUT2D eigenvalue weighted by molar-refractivity contribution is 5.91. The third-order valence-corrected chi connectivity index (χ3v) is 6.01. The Kier molecular flexibility index (Phi) is 6.37. The lowest BCUT2D eigenvalue weighted by atomic mass is 10.2. The van der Waals surface area contributed by atoms with Crippen LogP contribution in [0.1, 0.15) is 5.69 Å². The Bertz CT molecular complexity index is 1220. The van der Waals surface area contributed by atoms with Crippen molar-refractivity contribution < 1.29 is 23.5 Å². The largest absolute Gasteiger partial charge is 0.485 e. The second-order valence-corrected chi connectivity index (χ2v) is 8.57. The van der Waals surface area contributed by atoms with Gasteiger partial charge < -0.3 is 19.7 Å². The van der Waals surface area contributed by atoms with E-state index in [2.05, 4.69) is 10.4 Å². The first-order chi connectivity index (χ1) is 17.0. The van der Waals surface area contributed by atoms with Crippen LogP contribution >= 0.6 is 0 Å². The zero-order valence-corrected chi connectivity index (χ0v) is 19.3. The number of fused-ring (bicyclic) bond motifs is 1. The van der Waals surface area contributed by atoms with E-state index in [9.17, 15) is 14.0 Å². The molecule has 2 aromatic carbocycles. The molecular formula is C25H26FN5O4. The number of carbonyl (C=O) groups is 2. The Labute approximate surface area is 202 Å². The van der Waals surface area contributed by atoms with E-state index in [-0.39, 0.29) is 30.8 Å². The maximum atomic E-state index is 13.3. The second kappa shape index (κ2) is 9.75. The highest BCUT2D eigenvalue weighted by atomic mass is 19.1. The summed E-state index contributed by atoms with van der Waals surface area (Å²) in [5.41, 5.74) is 1.38. The molecule has 0 saturated carbocycles. The summed E-state index contributed by atoms with van der Waals surface area (Å²) in [6.07, 6.45) is -0.672. The van der Waals surface area contributed by atoms with Gasteiger partial charge in [0.15, 0.2) is 11.5 Å². The van der Waals surface area contributed by atoms with Gasteiger partial charge in [0.2, 0.25) is 12.0 Å². The quantitative estimate of drug-likeness (QED) is 0.604. The highest BCUT2D eigenvalue weighted by Crippen LogP contribution is 2.31. The Morgan fingerprint density at radius 2 is 1.77 bits per heavy atom. The molecule has 3 heterocycles. The Hall–Kier alpha value is -3.92. The molecule has 0 radical (unpaired) electrons. The van der Waals surface area contributed by atoms with Crippen LogP contribution in [0.5, 0.6) is 11.5 Å². The van der Waals surface area contributed by atoms with Crippen molar-refractivity contribution in [2.45, 2.75) is 13.0 Å². The number of aromatic nitrogens is 2. The first kappa shape index (κ1) is 22.9. The summed E-state index contributed by atoms with van der Waals surface area (Å²) >= 11 is 0. The smallest absolute Gasteiger partial charge is 0.267 e. The van der Waals surface area contributed by atoms with Crippen molar-refractivity contribution in [3.05, 3.63) is 66.1 Å². The van der Waals surface area contributed by atoms with E-state index in [1.807, 2.05) is 30.0 Å². The third kappa shape index (κ3) is 5.12. The summed E-state index contributed by atoms with van der Waals surface area (Å²) in [7, 11) is 0. The lowest BCUT2D eigenvalue weighted by molar-refractivity contribution is -0.143. The maximum Gasteiger partial charge on any atom is 0.267 e. The number of piperazine rings is 1. The molecule has 1 unspecified atom stereocenters. The van der Waals surface area contributed by atoms with Crippen LogP contribution in [0.25, 0.3) is 5.69 Å². The molecule has 1 saturated heterocycles. The van der Waals surface area contributed by atoms with Gasteiger partial charge in [-0.3, -0.25) is 14.5 Å². The predicted octanol–water partition coefficient (Wildman–Crippen LogP) is 2.24. The molecule has 1 N–H and O–H groups in total. The van der Waals surface area contributed by atoms with Crippen LogP contribution in [-0.4, -0.2) is 76.8 Å². The molecule has 10 heteroatoms. The monoisotopic (exact) mass is 479 g/mol. The number of aryl methyl sites for hydroxylation is 1. The molecule has 5 rings (SSSR count). The number of nitrogens with one attached hydrogen (secondary N) is 1. The summed E-state index contributed by atoms with van der Waals surface area (Å²) in [5, 5.41) is 7.29. The molecule has 2 aliphatic heterocycles. The molecule has 0 bridgehead atoms. The Morgan fingerprint density at radius 1 is 1.06 bits per heavy atom. The van der Waals surface area contributed by atoms with Crippen LogP contribution in [-0.2, 0) is 9.59 Å². The standard InChI is InChI=1S/C25H26FN5O4/c1-17-14-23(31(28-17)19-8-6-18(26)7-9-19)27-24(32)15-29-10-12-30(13-11-29)25(33)22-16-34-20-4-2-3-5-21(20)35-22/h2-9,14,22H,10-13,15-16H2,1H3,(H,27,32). The summed E-state index contributed by atoms with van der Waals surface area (Å²) in [6, 6.07) is 15.0. The number of para-hydroxylation sites is 2. The average Bonchev–Trinajstić information content (AvgIpc) is 3.23. The van der Waals surface area contributed by atoms with Gasteiger partial charge in [-0.05, 0) is 43.3 Å². The van der Waals surface area contributed by atoms with E-state index in [0.29, 0.717) is 49.2 Å². The first-order valence-corrected chi connectivity index (χ1v) is 11.5. The van der Waals surface area contributed by atoms with Gasteiger partial charge in [-0.1, -0.05) is 12.1 Å². The number of benzene rings is 2. The number of halogens is 1. The molecule has 1 atom stereocenters. The summed E-state index contributed by atoms with van der Waals surface area (Å²) in [5.74, 6) is 1.10. The van der Waals surface area contributed by atoms with Gasteiger partial charge in [0.1, 0.15) is 18.2 Å². The Morgan fingerprint density at radius 3 is 2.51 bits per heavy atom. The maximum absolute atomic E-state index is 13.3. The number of rotatable bonds is 5. The molecule has 1 fully saturated rings. The predicted molar refractivity (Wildman–Crippen MR) is 126 cm³/mol. The van der Waals surface area contributed by atoms with Crippen molar-refractivity contribution >= 4 is 17.6 Å². The number of anilines is 1. The molecule has 2 amide bonds. The fourth-order valence-corrected chi connectivity index (χ4v) is 4.22. The van der Waals surface area contributed by atoms with Gasteiger partial charge in [0.25, 0.3) is 5.91 Å². The third-order valence-electron chi connectivity index (χ3n) is 6.01. The van der Waals surface area contributed by atoms with Crippen molar-refractivity contribution in [1.29, 1.82) is 0 Å². The lowest BCUT2D eigenvalue weighted by Crippen LogP contribution is -2.55. The van der Waals surface area contributed by atoms with Crippen LogP contribution in [0.2, 0.25) is 0 Å². The van der Waals surface area contributed by atoms with Crippen molar-refractivity contribution in [1.82, 2.24) is 19.6 Å². The van der Waals surface area contributed by atoms with Crippen molar-refractivity contribution in [3.8, 4) is 17.2 Å². The van der Waals surface area contributed by atoms with Gasteiger partial charge in [0.05, 0.1) is 17.9 Å². The lowest BCUT2D eigenvalue weighted by Gasteiger charge is -2.36. The average molecular weight is 480 g/mol. The number of ether oxygens (including phenoxy) is 2. The minimum atomic E-state index is -0.672. The fourth-order valence-electron chi connectivity index (χ4n) is 4.22. The molecule has 1 aromatic heterocycles. The van der Waals surface area contributed by atoms with E-state index in [1.54, 1.807) is 33.8 Å². The molecule has 9 nitrogen and oxygen atoms in total. The van der Waals surface area contributed by atoms with Crippen molar-refractivity contribution in [2.75, 3.05) is 44.6 Å². The molecule has 3 aromatic rings. The first-order valence-electron chi connectivity index (χ1n) is 11.5. The van der Waals surface area contributed by atoms with Crippen LogP contribution < -0.4 is 14.8 Å². The van der Waals surface area contributed by atoms with Gasteiger partial charge >= 0.3 is 0 Å². The zero-order valence-electron chi connectivity index (χ0n) is 19.3. The number of hydrogen-bond donors (Lipinski definition) is 1. The summed E-state index contributed by atoms with van der Waals surface area (Å²) in [4.78, 5) is 29.4. The van der Waals surface area contributed by atoms with Crippen molar-refractivity contribution in [2.24, 2.45) is 0 Å². The molecule has 182 valence electrons. The number of hydrogen-bond acceptors (Lipinski definition) is 6. The molecule has 35 heavy (non-hydrogen) atoms. The topological polar surface area (TPSA) is 88.9 Å². The van der Waals surface area contributed by atoms with E-state index < -0.39 is 6.10 Å². The normalized spacial score (nSPS) is 17.8.